The van der Waals surface area contributed by atoms with Crippen LogP contribution >= 0.6 is 0 Å². The van der Waals surface area contributed by atoms with Gasteiger partial charge in [-0.25, -0.2) is 9.18 Å². The lowest BCUT2D eigenvalue weighted by atomic mass is 10.2. The van der Waals surface area contributed by atoms with Gasteiger partial charge in [0.25, 0.3) is 0 Å². The number of halogens is 1. The summed E-state index contributed by atoms with van der Waals surface area (Å²) in [6, 6.07) is 1.36. The van der Waals surface area contributed by atoms with Gasteiger partial charge in [-0.2, -0.15) is 10.2 Å². The largest absolute Gasteiger partial charge is 0.336 e. The van der Waals surface area contributed by atoms with Crippen LogP contribution in [-0.4, -0.2) is 55.8 Å². The molecule has 3 heterocycles. The molecule has 2 atom stereocenters. The number of urea groups is 1. The fraction of sp³-hybridized carbons (Fsp3) is 0.533. The SMILES string of the molecule is Cn1cc(CN2C[C@@H](F)C[C@H]2CNC(=O)Nc2ccnn2C)cn1. The molecule has 0 saturated carbocycles. The lowest BCUT2D eigenvalue weighted by molar-refractivity contribution is 0.224. The first-order valence-electron chi connectivity index (χ1n) is 7.90. The summed E-state index contributed by atoms with van der Waals surface area (Å²) in [7, 11) is 3.60. The van der Waals surface area contributed by atoms with Crippen LogP contribution in [0.4, 0.5) is 15.0 Å². The second-order valence-electron chi connectivity index (χ2n) is 6.11. The first-order valence-corrected chi connectivity index (χ1v) is 7.90. The highest BCUT2D eigenvalue weighted by atomic mass is 19.1. The van der Waals surface area contributed by atoms with Crippen molar-refractivity contribution in [2.75, 3.05) is 18.4 Å². The van der Waals surface area contributed by atoms with Crippen molar-refractivity contribution in [1.82, 2.24) is 29.8 Å². The predicted octanol–water partition coefficient (Wildman–Crippen LogP) is 0.888. The van der Waals surface area contributed by atoms with Crippen LogP contribution in [0.5, 0.6) is 0 Å². The normalized spacial score (nSPS) is 21.1. The standard InChI is InChI=1S/C15H22FN7O/c1-21-8-11(6-19-21)9-23-10-12(16)5-13(23)7-17-15(24)20-14-3-4-18-22(14)2/h3-4,6,8,12-13H,5,7,9-10H2,1-2H3,(H2,17,20,24)/t12-,13-/m0/s1. The van der Waals surface area contributed by atoms with Crippen molar-refractivity contribution >= 4 is 11.8 Å². The van der Waals surface area contributed by atoms with E-state index in [2.05, 4.69) is 20.8 Å². The lowest BCUT2D eigenvalue weighted by Crippen LogP contribution is -2.41. The van der Waals surface area contributed by atoms with Crippen molar-refractivity contribution in [2.45, 2.75) is 25.2 Å². The highest BCUT2D eigenvalue weighted by molar-refractivity contribution is 5.88. The Labute approximate surface area is 139 Å². The molecule has 0 radical (unpaired) electrons. The molecule has 2 amide bonds. The van der Waals surface area contributed by atoms with Gasteiger partial charge < -0.3 is 5.32 Å². The Morgan fingerprint density at radius 3 is 2.92 bits per heavy atom. The maximum Gasteiger partial charge on any atom is 0.320 e. The van der Waals surface area contributed by atoms with Gasteiger partial charge in [0.05, 0.1) is 12.4 Å². The zero-order chi connectivity index (χ0) is 17.1. The number of aromatic nitrogens is 4. The Kier molecular flexibility index (Phi) is 4.79. The number of amides is 2. The van der Waals surface area contributed by atoms with Crippen molar-refractivity contribution in [3.63, 3.8) is 0 Å². The summed E-state index contributed by atoms with van der Waals surface area (Å²) in [5.41, 5.74) is 1.04. The highest BCUT2D eigenvalue weighted by Crippen LogP contribution is 2.22. The molecule has 2 aromatic rings. The van der Waals surface area contributed by atoms with Gasteiger partial charge >= 0.3 is 6.03 Å². The van der Waals surface area contributed by atoms with Crippen LogP contribution in [0.1, 0.15) is 12.0 Å². The van der Waals surface area contributed by atoms with Crippen molar-refractivity contribution in [1.29, 1.82) is 0 Å². The second-order valence-corrected chi connectivity index (χ2v) is 6.11. The first-order chi connectivity index (χ1) is 11.5. The Morgan fingerprint density at radius 1 is 1.42 bits per heavy atom. The van der Waals surface area contributed by atoms with Gasteiger partial charge in [0.15, 0.2) is 0 Å². The van der Waals surface area contributed by atoms with E-state index >= 15 is 0 Å². The third-order valence-corrected chi connectivity index (χ3v) is 4.18. The molecule has 0 aromatic carbocycles. The molecule has 1 saturated heterocycles. The van der Waals surface area contributed by atoms with Crippen LogP contribution in [0.25, 0.3) is 0 Å². The molecule has 8 nitrogen and oxygen atoms in total. The first kappa shape index (κ1) is 16.4. The minimum absolute atomic E-state index is 0.0301. The summed E-state index contributed by atoms with van der Waals surface area (Å²) in [4.78, 5) is 14.0. The minimum atomic E-state index is -0.867. The van der Waals surface area contributed by atoms with E-state index < -0.39 is 6.17 Å². The Bertz CT molecular complexity index is 698. The molecule has 0 unspecified atom stereocenters. The fourth-order valence-electron chi connectivity index (χ4n) is 2.98. The molecule has 2 aromatic heterocycles. The van der Waals surface area contributed by atoms with Crippen LogP contribution in [-0.2, 0) is 20.6 Å². The average Bonchev–Trinajstić information content (AvgIpc) is 3.20. The summed E-state index contributed by atoms with van der Waals surface area (Å²) in [5, 5.41) is 13.7. The number of hydrogen-bond acceptors (Lipinski definition) is 4. The monoisotopic (exact) mass is 335 g/mol. The predicted molar refractivity (Wildman–Crippen MR) is 87.1 cm³/mol. The number of anilines is 1. The molecular weight excluding hydrogens is 313 g/mol. The van der Waals surface area contributed by atoms with E-state index in [1.54, 1.807) is 34.9 Å². The fourth-order valence-corrected chi connectivity index (χ4v) is 2.98. The lowest BCUT2D eigenvalue weighted by Gasteiger charge is -2.23. The Morgan fingerprint density at radius 2 is 2.25 bits per heavy atom. The van der Waals surface area contributed by atoms with Crippen LogP contribution in [0.2, 0.25) is 0 Å². The number of aryl methyl sites for hydroxylation is 2. The van der Waals surface area contributed by atoms with Gasteiger partial charge in [-0.1, -0.05) is 0 Å². The molecule has 9 heteroatoms. The van der Waals surface area contributed by atoms with Crippen molar-refractivity contribution in [3.05, 3.63) is 30.2 Å². The van der Waals surface area contributed by atoms with Crippen LogP contribution in [0.15, 0.2) is 24.7 Å². The van der Waals surface area contributed by atoms with Crippen LogP contribution in [0, 0.1) is 0 Å². The number of nitrogens with one attached hydrogen (secondary N) is 2. The maximum atomic E-state index is 13.8. The van der Waals surface area contributed by atoms with E-state index in [0.29, 0.717) is 31.9 Å². The molecule has 1 fully saturated rings. The van der Waals surface area contributed by atoms with Gasteiger partial charge in [-0.15, -0.1) is 0 Å². The number of rotatable bonds is 5. The molecule has 1 aliphatic heterocycles. The quantitative estimate of drug-likeness (QED) is 0.850. The van der Waals surface area contributed by atoms with Crippen molar-refractivity contribution in [2.24, 2.45) is 14.1 Å². The molecule has 0 spiro atoms. The second kappa shape index (κ2) is 7.00. The number of hydrogen-bond donors (Lipinski definition) is 2. The zero-order valence-corrected chi connectivity index (χ0v) is 13.8. The van der Waals surface area contributed by atoms with E-state index in [9.17, 15) is 9.18 Å². The van der Waals surface area contributed by atoms with Gasteiger partial charge in [0, 0.05) is 57.6 Å². The summed E-state index contributed by atoms with van der Waals surface area (Å²) in [5.74, 6) is 0.606. The average molecular weight is 335 g/mol. The molecule has 0 bridgehead atoms. The van der Waals surface area contributed by atoms with Gasteiger partial charge in [0.1, 0.15) is 12.0 Å². The van der Waals surface area contributed by atoms with E-state index in [1.807, 2.05) is 18.1 Å². The topological polar surface area (TPSA) is 80.0 Å². The molecule has 3 rings (SSSR count). The number of carbonyl (C=O) groups excluding carboxylic acids is 1. The Hall–Kier alpha value is -2.42. The molecule has 2 N–H and O–H groups in total. The van der Waals surface area contributed by atoms with E-state index in [0.717, 1.165) is 5.56 Å². The van der Waals surface area contributed by atoms with Crippen LogP contribution in [0.3, 0.4) is 0 Å². The third kappa shape index (κ3) is 3.91. The molecule has 0 aliphatic carbocycles. The maximum absolute atomic E-state index is 13.8. The van der Waals surface area contributed by atoms with Crippen molar-refractivity contribution < 1.29 is 9.18 Å². The van der Waals surface area contributed by atoms with E-state index in [1.165, 1.54) is 0 Å². The van der Waals surface area contributed by atoms with Crippen molar-refractivity contribution in [3.8, 4) is 0 Å². The number of likely N-dealkylation sites (tertiary alicyclic amines) is 1. The van der Waals surface area contributed by atoms with Gasteiger partial charge in [-0.3, -0.25) is 19.6 Å². The summed E-state index contributed by atoms with van der Waals surface area (Å²) in [6.45, 7) is 1.40. The highest BCUT2D eigenvalue weighted by Gasteiger charge is 2.32. The number of nitrogens with zero attached hydrogens (tertiary/aromatic N) is 5. The van der Waals surface area contributed by atoms with Gasteiger partial charge in [0.2, 0.25) is 0 Å². The summed E-state index contributed by atoms with van der Waals surface area (Å²) >= 11 is 0. The summed E-state index contributed by atoms with van der Waals surface area (Å²) < 4.78 is 17.1. The molecular formula is C15H22FN7O. The summed E-state index contributed by atoms with van der Waals surface area (Å²) in [6.07, 6.45) is 4.87. The van der Waals surface area contributed by atoms with E-state index in [4.69, 9.17) is 0 Å². The molecule has 24 heavy (non-hydrogen) atoms. The van der Waals surface area contributed by atoms with E-state index in [-0.39, 0.29) is 12.1 Å². The van der Waals surface area contributed by atoms with Gasteiger partial charge in [-0.05, 0) is 6.42 Å². The minimum Gasteiger partial charge on any atom is -0.336 e. The third-order valence-electron chi connectivity index (χ3n) is 4.18. The smallest absolute Gasteiger partial charge is 0.320 e. The molecule has 130 valence electrons. The molecule has 1 aliphatic rings. The number of alkyl halides is 1. The Balaban J connectivity index is 1.52. The number of carbonyl (C=O) groups is 1. The van der Waals surface area contributed by atoms with Crippen LogP contribution < -0.4 is 10.6 Å². The zero-order valence-electron chi connectivity index (χ0n) is 13.8.